The van der Waals surface area contributed by atoms with E-state index in [0.717, 1.165) is 17.9 Å². The van der Waals surface area contributed by atoms with Gasteiger partial charge < -0.3 is 10.5 Å². The summed E-state index contributed by atoms with van der Waals surface area (Å²) in [6, 6.07) is 3.45. The maximum Gasteiger partial charge on any atom is 0.356 e. The first-order valence-corrected chi connectivity index (χ1v) is 5.61. The van der Waals surface area contributed by atoms with Crippen molar-refractivity contribution in [2.24, 2.45) is 11.7 Å². The predicted molar refractivity (Wildman–Crippen MR) is 59.8 cm³/mol. The fraction of sp³-hybridized carbons (Fsp3) is 0.500. The molecule has 0 spiro atoms. The molecule has 1 fully saturated rings. The van der Waals surface area contributed by atoms with Crippen LogP contribution in [0.5, 0.6) is 0 Å². The van der Waals surface area contributed by atoms with E-state index in [1.54, 1.807) is 18.3 Å². The first-order chi connectivity index (χ1) is 7.79. The molecule has 2 N–H and O–H groups in total. The van der Waals surface area contributed by atoms with E-state index < -0.39 is 0 Å². The van der Waals surface area contributed by atoms with Gasteiger partial charge in [0.05, 0.1) is 6.61 Å². The molecule has 16 heavy (non-hydrogen) atoms. The number of nitrogens with zero attached hydrogens (tertiary/aromatic N) is 1. The molecule has 0 amide bonds. The van der Waals surface area contributed by atoms with Crippen molar-refractivity contribution in [3.05, 3.63) is 29.6 Å². The zero-order valence-electron chi connectivity index (χ0n) is 9.19. The van der Waals surface area contributed by atoms with E-state index >= 15 is 0 Å². The number of carbonyl (C=O) groups is 1. The minimum atomic E-state index is -0.343. The van der Waals surface area contributed by atoms with Crippen LogP contribution in [0.3, 0.4) is 0 Å². The Bertz CT molecular complexity index is 358. The molecule has 86 valence electrons. The molecule has 1 aliphatic carbocycles. The Balaban J connectivity index is 1.81. The zero-order chi connectivity index (χ0) is 11.4. The zero-order valence-corrected chi connectivity index (χ0v) is 9.19. The predicted octanol–water partition coefficient (Wildman–Crippen LogP) is 1.50. The lowest BCUT2D eigenvalue weighted by atomic mass is 10.2. The molecule has 0 aliphatic heterocycles. The highest BCUT2D eigenvalue weighted by atomic mass is 16.5. The summed E-state index contributed by atoms with van der Waals surface area (Å²) in [4.78, 5) is 15.5. The molecule has 4 heteroatoms. The molecule has 2 rings (SSSR count). The smallest absolute Gasteiger partial charge is 0.356 e. The second kappa shape index (κ2) is 5.07. The first kappa shape index (κ1) is 11.1. The van der Waals surface area contributed by atoms with Gasteiger partial charge in [0, 0.05) is 12.7 Å². The summed E-state index contributed by atoms with van der Waals surface area (Å²) in [7, 11) is 0. The Kier molecular flexibility index (Phi) is 3.51. The van der Waals surface area contributed by atoms with E-state index in [1.165, 1.54) is 12.8 Å². The average molecular weight is 220 g/mol. The highest BCUT2D eigenvalue weighted by Crippen LogP contribution is 2.32. The SMILES string of the molecule is NCc1ccc(C(=O)OCCC2CC2)nc1. The van der Waals surface area contributed by atoms with E-state index in [2.05, 4.69) is 4.98 Å². The molecule has 0 unspecified atom stereocenters. The van der Waals surface area contributed by atoms with Gasteiger partial charge in [0.2, 0.25) is 0 Å². The van der Waals surface area contributed by atoms with Crippen molar-refractivity contribution in [3.63, 3.8) is 0 Å². The van der Waals surface area contributed by atoms with Gasteiger partial charge in [-0.15, -0.1) is 0 Å². The number of ether oxygens (including phenoxy) is 1. The summed E-state index contributed by atoms with van der Waals surface area (Å²) < 4.78 is 5.12. The van der Waals surface area contributed by atoms with Crippen LogP contribution in [0, 0.1) is 5.92 Å². The molecular weight excluding hydrogens is 204 g/mol. The molecule has 1 aromatic rings. The van der Waals surface area contributed by atoms with Crippen LogP contribution in [0.15, 0.2) is 18.3 Å². The Labute approximate surface area is 94.8 Å². The third-order valence-electron chi connectivity index (χ3n) is 2.73. The van der Waals surface area contributed by atoms with Gasteiger partial charge in [-0.25, -0.2) is 9.78 Å². The summed E-state index contributed by atoms with van der Waals surface area (Å²) in [5.41, 5.74) is 6.71. The maximum absolute atomic E-state index is 11.5. The number of nitrogens with two attached hydrogens (primary N) is 1. The van der Waals surface area contributed by atoms with E-state index in [1.807, 2.05) is 0 Å². The highest BCUT2D eigenvalue weighted by Gasteiger charge is 2.21. The molecule has 4 nitrogen and oxygen atoms in total. The van der Waals surface area contributed by atoms with E-state index in [-0.39, 0.29) is 5.97 Å². The molecule has 1 saturated carbocycles. The van der Waals surface area contributed by atoms with Crippen LogP contribution in [-0.4, -0.2) is 17.6 Å². The third-order valence-corrected chi connectivity index (χ3v) is 2.73. The molecule has 0 bridgehead atoms. The Hall–Kier alpha value is -1.42. The second-order valence-electron chi connectivity index (χ2n) is 4.12. The molecule has 0 aromatic carbocycles. The lowest BCUT2D eigenvalue weighted by molar-refractivity contribution is 0.0488. The Morgan fingerprint density at radius 3 is 2.88 bits per heavy atom. The fourth-order valence-electron chi connectivity index (χ4n) is 1.46. The molecular formula is C12H16N2O2. The standard InChI is InChI=1S/C12H16N2O2/c13-7-10-3-4-11(14-8-10)12(15)16-6-5-9-1-2-9/h3-4,8-9H,1-2,5-7,13H2. The summed E-state index contributed by atoms with van der Waals surface area (Å²) in [6.45, 7) is 0.938. The quantitative estimate of drug-likeness (QED) is 0.764. The number of hydrogen-bond donors (Lipinski definition) is 1. The number of esters is 1. The van der Waals surface area contributed by atoms with Crippen LogP contribution in [0.4, 0.5) is 0 Å². The number of carbonyl (C=O) groups excluding carboxylic acids is 1. The highest BCUT2D eigenvalue weighted by molar-refractivity contribution is 5.87. The maximum atomic E-state index is 11.5. The van der Waals surface area contributed by atoms with Gasteiger partial charge in [-0.3, -0.25) is 0 Å². The van der Waals surface area contributed by atoms with E-state index in [0.29, 0.717) is 18.8 Å². The van der Waals surface area contributed by atoms with Crippen LogP contribution in [-0.2, 0) is 11.3 Å². The topological polar surface area (TPSA) is 65.2 Å². The minimum Gasteiger partial charge on any atom is -0.461 e. The van der Waals surface area contributed by atoms with Crippen LogP contribution >= 0.6 is 0 Å². The molecule has 1 aliphatic rings. The van der Waals surface area contributed by atoms with Crippen molar-refractivity contribution in [1.82, 2.24) is 4.98 Å². The molecule has 1 heterocycles. The summed E-state index contributed by atoms with van der Waals surface area (Å²) in [5.74, 6) is 0.435. The Morgan fingerprint density at radius 1 is 1.50 bits per heavy atom. The van der Waals surface area contributed by atoms with Crippen molar-refractivity contribution in [2.45, 2.75) is 25.8 Å². The first-order valence-electron chi connectivity index (χ1n) is 5.61. The third kappa shape index (κ3) is 3.03. The normalized spacial score (nSPS) is 14.8. The molecule has 0 saturated heterocycles. The summed E-state index contributed by atoms with van der Waals surface area (Å²) in [6.07, 6.45) is 5.14. The summed E-state index contributed by atoms with van der Waals surface area (Å²) in [5, 5.41) is 0. The monoisotopic (exact) mass is 220 g/mol. The van der Waals surface area contributed by atoms with Crippen LogP contribution < -0.4 is 5.73 Å². The number of aromatic nitrogens is 1. The average Bonchev–Trinajstić information content (AvgIpc) is 3.13. The lowest BCUT2D eigenvalue weighted by Crippen LogP contribution is -2.09. The largest absolute Gasteiger partial charge is 0.461 e. The van der Waals surface area contributed by atoms with Crippen molar-refractivity contribution in [2.75, 3.05) is 6.61 Å². The van der Waals surface area contributed by atoms with Crippen molar-refractivity contribution in [1.29, 1.82) is 0 Å². The van der Waals surface area contributed by atoms with Crippen LogP contribution in [0.25, 0.3) is 0 Å². The van der Waals surface area contributed by atoms with Gasteiger partial charge >= 0.3 is 5.97 Å². The number of pyridine rings is 1. The Morgan fingerprint density at radius 2 is 2.31 bits per heavy atom. The number of hydrogen-bond acceptors (Lipinski definition) is 4. The van der Waals surface area contributed by atoms with Crippen molar-refractivity contribution in [3.8, 4) is 0 Å². The van der Waals surface area contributed by atoms with E-state index in [9.17, 15) is 4.79 Å². The van der Waals surface area contributed by atoms with Gasteiger partial charge in [-0.1, -0.05) is 18.9 Å². The van der Waals surface area contributed by atoms with Crippen LogP contribution in [0.1, 0.15) is 35.3 Å². The molecule has 1 aromatic heterocycles. The van der Waals surface area contributed by atoms with Gasteiger partial charge in [0.25, 0.3) is 0 Å². The minimum absolute atomic E-state index is 0.343. The van der Waals surface area contributed by atoms with Crippen molar-refractivity contribution >= 4 is 5.97 Å². The van der Waals surface area contributed by atoms with Gasteiger partial charge in [-0.2, -0.15) is 0 Å². The van der Waals surface area contributed by atoms with Gasteiger partial charge in [0.15, 0.2) is 0 Å². The van der Waals surface area contributed by atoms with Gasteiger partial charge in [-0.05, 0) is 24.0 Å². The lowest BCUT2D eigenvalue weighted by Gasteiger charge is -2.03. The van der Waals surface area contributed by atoms with Crippen molar-refractivity contribution < 1.29 is 9.53 Å². The van der Waals surface area contributed by atoms with Crippen LogP contribution in [0.2, 0.25) is 0 Å². The van der Waals surface area contributed by atoms with E-state index in [4.69, 9.17) is 10.5 Å². The summed E-state index contributed by atoms with van der Waals surface area (Å²) >= 11 is 0. The molecule has 0 radical (unpaired) electrons. The molecule has 0 atom stereocenters. The fourth-order valence-corrected chi connectivity index (χ4v) is 1.46. The second-order valence-corrected chi connectivity index (χ2v) is 4.12. The number of rotatable bonds is 5. The van der Waals surface area contributed by atoms with Gasteiger partial charge in [0.1, 0.15) is 5.69 Å².